The molecule has 1 aliphatic rings. The van der Waals surface area contributed by atoms with E-state index in [9.17, 15) is 9.59 Å². The fraction of sp³-hybridized carbons (Fsp3) is 0.412. The lowest BCUT2D eigenvalue weighted by atomic mass is 9.94. The Morgan fingerprint density at radius 2 is 1.95 bits per heavy atom. The first-order chi connectivity index (χ1) is 10.6. The second kappa shape index (κ2) is 6.13. The van der Waals surface area contributed by atoms with Gasteiger partial charge in [0.1, 0.15) is 5.56 Å². The van der Waals surface area contributed by atoms with Gasteiger partial charge in [-0.2, -0.15) is 0 Å². The van der Waals surface area contributed by atoms with E-state index in [4.69, 9.17) is 16.3 Å². The summed E-state index contributed by atoms with van der Waals surface area (Å²) in [6.07, 6.45) is 5.29. The number of rotatable bonds is 2. The van der Waals surface area contributed by atoms with Gasteiger partial charge in [0.15, 0.2) is 0 Å². The molecule has 0 saturated heterocycles. The molecule has 4 nitrogen and oxygen atoms in total. The number of ether oxygens (including phenoxy) is 1. The Balaban J connectivity index is 2.29. The van der Waals surface area contributed by atoms with E-state index < -0.39 is 5.97 Å². The third kappa shape index (κ3) is 2.63. The monoisotopic (exact) mass is 319 g/mol. The zero-order valence-corrected chi connectivity index (χ0v) is 13.2. The third-order valence-corrected chi connectivity index (χ3v) is 4.58. The molecule has 0 bridgehead atoms. The highest BCUT2D eigenvalue weighted by atomic mass is 35.5. The van der Waals surface area contributed by atoms with E-state index in [0.717, 1.165) is 36.6 Å². The normalized spacial score (nSPS) is 15.9. The highest BCUT2D eigenvalue weighted by Gasteiger charge is 2.23. The smallest absolute Gasteiger partial charge is 0.343 e. The van der Waals surface area contributed by atoms with Gasteiger partial charge in [0, 0.05) is 11.1 Å². The number of benzene rings is 1. The maximum absolute atomic E-state index is 12.8. The highest BCUT2D eigenvalue weighted by Crippen LogP contribution is 2.30. The van der Waals surface area contributed by atoms with Crippen LogP contribution in [0.3, 0.4) is 0 Å². The van der Waals surface area contributed by atoms with Crippen LogP contribution in [0.15, 0.2) is 29.1 Å². The van der Waals surface area contributed by atoms with Crippen molar-refractivity contribution >= 4 is 28.5 Å². The predicted molar refractivity (Wildman–Crippen MR) is 86.7 cm³/mol. The van der Waals surface area contributed by atoms with Gasteiger partial charge in [0.05, 0.1) is 12.6 Å². The van der Waals surface area contributed by atoms with Gasteiger partial charge >= 0.3 is 5.97 Å². The van der Waals surface area contributed by atoms with Crippen molar-refractivity contribution in [2.75, 3.05) is 7.11 Å². The number of hydrogen-bond donors (Lipinski definition) is 0. The van der Waals surface area contributed by atoms with Crippen LogP contribution in [0, 0.1) is 0 Å². The SMILES string of the molecule is COC(=O)c1cc2ccc(Cl)cc2n(C2CCCCC2)c1=O. The number of carbonyl (C=O) groups is 1. The molecule has 22 heavy (non-hydrogen) atoms. The first kappa shape index (κ1) is 15.1. The molecule has 0 unspecified atom stereocenters. The Morgan fingerprint density at radius 1 is 1.23 bits per heavy atom. The molecule has 5 heteroatoms. The predicted octanol–water partition coefficient (Wildman–Crippen LogP) is 3.95. The summed E-state index contributed by atoms with van der Waals surface area (Å²) in [5, 5.41) is 1.41. The quantitative estimate of drug-likeness (QED) is 0.787. The third-order valence-electron chi connectivity index (χ3n) is 4.35. The van der Waals surface area contributed by atoms with Crippen molar-refractivity contribution in [3.8, 4) is 0 Å². The van der Waals surface area contributed by atoms with Crippen molar-refractivity contribution in [1.82, 2.24) is 4.57 Å². The Kier molecular flexibility index (Phi) is 4.21. The average molecular weight is 320 g/mol. The van der Waals surface area contributed by atoms with Crippen molar-refractivity contribution in [3.63, 3.8) is 0 Å². The number of nitrogens with zero attached hydrogens (tertiary/aromatic N) is 1. The van der Waals surface area contributed by atoms with E-state index in [1.54, 1.807) is 22.8 Å². The maximum Gasteiger partial charge on any atom is 0.343 e. The molecule has 0 spiro atoms. The van der Waals surface area contributed by atoms with E-state index in [-0.39, 0.29) is 17.2 Å². The Labute approximate surface area is 133 Å². The lowest BCUT2D eigenvalue weighted by molar-refractivity contribution is 0.0598. The topological polar surface area (TPSA) is 48.3 Å². The Bertz CT molecular complexity index is 775. The maximum atomic E-state index is 12.8. The minimum Gasteiger partial charge on any atom is -0.465 e. The number of esters is 1. The number of aromatic nitrogens is 1. The number of methoxy groups -OCH3 is 1. The largest absolute Gasteiger partial charge is 0.465 e. The van der Waals surface area contributed by atoms with Crippen molar-refractivity contribution in [1.29, 1.82) is 0 Å². The fourth-order valence-electron chi connectivity index (χ4n) is 3.26. The highest BCUT2D eigenvalue weighted by molar-refractivity contribution is 6.31. The lowest BCUT2D eigenvalue weighted by Crippen LogP contribution is -2.31. The molecule has 1 saturated carbocycles. The number of hydrogen-bond acceptors (Lipinski definition) is 3. The molecule has 1 aromatic carbocycles. The molecule has 0 amide bonds. The number of pyridine rings is 1. The standard InChI is InChI=1S/C17H18ClNO3/c1-22-17(21)14-9-11-7-8-12(18)10-15(11)19(16(14)20)13-5-3-2-4-6-13/h7-10,13H,2-6H2,1H3. The summed E-state index contributed by atoms with van der Waals surface area (Å²) in [7, 11) is 1.29. The fourth-order valence-corrected chi connectivity index (χ4v) is 3.43. The molecule has 0 N–H and O–H groups in total. The molecule has 1 aliphatic carbocycles. The van der Waals surface area contributed by atoms with Crippen LogP contribution in [0.5, 0.6) is 0 Å². The summed E-state index contributed by atoms with van der Waals surface area (Å²) in [6.45, 7) is 0. The molecule has 3 rings (SSSR count). The van der Waals surface area contributed by atoms with Gasteiger partial charge in [0.2, 0.25) is 0 Å². The van der Waals surface area contributed by atoms with E-state index in [0.29, 0.717) is 5.02 Å². The summed E-state index contributed by atoms with van der Waals surface area (Å²) in [5.41, 5.74) is 0.591. The minimum atomic E-state index is -0.591. The van der Waals surface area contributed by atoms with Crippen LogP contribution in [-0.4, -0.2) is 17.6 Å². The lowest BCUT2D eigenvalue weighted by Gasteiger charge is -2.26. The summed E-state index contributed by atoms with van der Waals surface area (Å²) < 4.78 is 6.50. The Morgan fingerprint density at radius 3 is 2.64 bits per heavy atom. The van der Waals surface area contributed by atoms with E-state index >= 15 is 0 Å². The van der Waals surface area contributed by atoms with E-state index in [1.807, 2.05) is 6.07 Å². The van der Waals surface area contributed by atoms with Gasteiger partial charge in [-0.25, -0.2) is 4.79 Å². The Hall–Kier alpha value is -1.81. The van der Waals surface area contributed by atoms with E-state index in [1.165, 1.54) is 13.5 Å². The first-order valence-electron chi connectivity index (χ1n) is 7.55. The zero-order valence-electron chi connectivity index (χ0n) is 12.5. The minimum absolute atomic E-state index is 0.0860. The number of fused-ring (bicyclic) bond motifs is 1. The van der Waals surface area contributed by atoms with Gasteiger partial charge < -0.3 is 9.30 Å². The van der Waals surface area contributed by atoms with E-state index in [2.05, 4.69) is 0 Å². The molecule has 1 aromatic heterocycles. The van der Waals surface area contributed by atoms with Gasteiger partial charge in [0.25, 0.3) is 5.56 Å². The summed E-state index contributed by atoms with van der Waals surface area (Å²) in [6, 6.07) is 7.11. The molecule has 0 atom stereocenters. The van der Waals surface area contributed by atoms with Crippen LogP contribution in [0.4, 0.5) is 0 Å². The molecule has 1 heterocycles. The second-order valence-electron chi connectivity index (χ2n) is 5.72. The molecule has 0 radical (unpaired) electrons. The van der Waals surface area contributed by atoms with Gasteiger partial charge in [-0.15, -0.1) is 0 Å². The number of halogens is 1. The molecule has 1 fully saturated rings. The van der Waals surface area contributed by atoms with Crippen LogP contribution in [0.1, 0.15) is 48.5 Å². The zero-order chi connectivity index (χ0) is 15.7. The average Bonchev–Trinajstić information content (AvgIpc) is 2.54. The van der Waals surface area contributed by atoms with Crippen molar-refractivity contribution < 1.29 is 9.53 Å². The van der Waals surface area contributed by atoms with Crippen LogP contribution in [0.25, 0.3) is 10.9 Å². The molecule has 116 valence electrons. The second-order valence-corrected chi connectivity index (χ2v) is 6.16. The summed E-state index contributed by atoms with van der Waals surface area (Å²) >= 11 is 6.10. The van der Waals surface area contributed by atoms with Gasteiger partial charge in [-0.05, 0) is 36.4 Å². The van der Waals surface area contributed by atoms with Crippen LogP contribution in [-0.2, 0) is 4.74 Å². The van der Waals surface area contributed by atoms with Crippen LogP contribution < -0.4 is 5.56 Å². The first-order valence-corrected chi connectivity index (χ1v) is 7.92. The van der Waals surface area contributed by atoms with Gasteiger partial charge in [-0.3, -0.25) is 4.79 Å². The molecular formula is C17H18ClNO3. The van der Waals surface area contributed by atoms with Crippen LogP contribution in [0.2, 0.25) is 5.02 Å². The van der Waals surface area contributed by atoms with Crippen molar-refractivity contribution in [3.05, 3.63) is 45.2 Å². The van der Waals surface area contributed by atoms with Crippen molar-refractivity contribution in [2.45, 2.75) is 38.1 Å². The molecule has 0 aliphatic heterocycles. The summed E-state index contributed by atoms with van der Waals surface area (Å²) in [4.78, 5) is 24.7. The summed E-state index contributed by atoms with van der Waals surface area (Å²) in [5.74, 6) is -0.591. The van der Waals surface area contributed by atoms with Crippen LogP contribution >= 0.6 is 11.6 Å². The number of carbonyl (C=O) groups excluding carboxylic acids is 1. The van der Waals surface area contributed by atoms with Crippen molar-refractivity contribution in [2.24, 2.45) is 0 Å². The van der Waals surface area contributed by atoms with Gasteiger partial charge in [-0.1, -0.05) is 36.9 Å². The molecule has 2 aromatic rings. The molecular weight excluding hydrogens is 302 g/mol.